The van der Waals surface area contributed by atoms with Crippen LogP contribution in [-0.4, -0.2) is 42.1 Å². The number of likely N-dealkylation sites (tertiary alicyclic amines) is 1. The molecule has 100 valence electrons. The fourth-order valence-electron chi connectivity index (χ4n) is 2.48. The molecule has 4 nitrogen and oxygen atoms in total. The predicted octanol–water partition coefficient (Wildman–Crippen LogP) is 1.53. The topological polar surface area (TPSA) is 55.6 Å². The van der Waals surface area contributed by atoms with Crippen LogP contribution in [0.4, 0.5) is 0 Å². The van der Waals surface area contributed by atoms with Crippen LogP contribution in [0.2, 0.25) is 0 Å². The van der Waals surface area contributed by atoms with E-state index in [0.717, 1.165) is 19.4 Å². The number of nitrogens with zero attached hydrogens (tertiary/aromatic N) is 1. The molecule has 2 unspecified atom stereocenters. The molecule has 1 aliphatic rings. The minimum absolute atomic E-state index is 0.101. The van der Waals surface area contributed by atoms with Gasteiger partial charge in [0.05, 0.1) is 11.6 Å². The zero-order valence-corrected chi connectivity index (χ0v) is 11.5. The van der Waals surface area contributed by atoms with Crippen LogP contribution in [0.3, 0.4) is 0 Å². The van der Waals surface area contributed by atoms with Crippen LogP contribution >= 0.6 is 0 Å². The van der Waals surface area contributed by atoms with E-state index < -0.39 is 5.54 Å². The van der Waals surface area contributed by atoms with Crippen LogP contribution in [0.5, 0.6) is 0 Å². The molecule has 0 radical (unpaired) electrons. The maximum atomic E-state index is 12.4. The second kappa shape index (κ2) is 5.83. The molecule has 2 N–H and O–H groups in total. The van der Waals surface area contributed by atoms with Crippen molar-refractivity contribution >= 4 is 5.91 Å². The van der Waals surface area contributed by atoms with Gasteiger partial charge >= 0.3 is 0 Å². The molecule has 0 bridgehead atoms. The summed E-state index contributed by atoms with van der Waals surface area (Å²) in [6.45, 7) is 6.80. The average molecular weight is 242 g/mol. The lowest BCUT2D eigenvalue weighted by Gasteiger charge is -2.41. The van der Waals surface area contributed by atoms with Crippen LogP contribution in [0.15, 0.2) is 0 Å². The van der Waals surface area contributed by atoms with Crippen LogP contribution < -0.4 is 5.73 Å². The summed E-state index contributed by atoms with van der Waals surface area (Å²) < 4.78 is 5.36. The molecule has 0 aliphatic carbocycles. The van der Waals surface area contributed by atoms with E-state index in [0.29, 0.717) is 12.8 Å². The maximum absolute atomic E-state index is 12.4. The summed E-state index contributed by atoms with van der Waals surface area (Å²) in [6, 6.07) is 0.224. The minimum atomic E-state index is -0.686. The number of piperidine rings is 1. The molecular formula is C13H26N2O2. The lowest BCUT2D eigenvalue weighted by molar-refractivity contribution is -0.142. The second-order valence-corrected chi connectivity index (χ2v) is 5.09. The van der Waals surface area contributed by atoms with Gasteiger partial charge in [-0.25, -0.2) is 0 Å². The lowest BCUT2D eigenvalue weighted by Crippen LogP contribution is -2.59. The summed E-state index contributed by atoms with van der Waals surface area (Å²) >= 11 is 0. The first-order chi connectivity index (χ1) is 7.98. The number of rotatable bonds is 4. The first kappa shape index (κ1) is 14.5. The fourth-order valence-corrected chi connectivity index (χ4v) is 2.48. The Morgan fingerprint density at radius 2 is 2.06 bits per heavy atom. The smallest absolute Gasteiger partial charge is 0.242 e. The molecule has 2 atom stereocenters. The SMILES string of the molecule is CCC(N)(CC)C(=O)N1CCC(OC)CC1C. The molecule has 0 spiro atoms. The van der Waals surface area contributed by atoms with Gasteiger partial charge in [-0.05, 0) is 32.6 Å². The molecule has 0 aromatic carbocycles. The lowest BCUT2D eigenvalue weighted by atomic mass is 9.90. The summed E-state index contributed by atoms with van der Waals surface area (Å²) in [6.07, 6.45) is 3.49. The Morgan fingerprint density at radius 3 is 2.47 bits per heavy atom. The summed E-state index contributed by atoms with van der Waals surface area (Å²) in [5, 5.41) is 0. The summed E-state index contributed by atoms with van der Waals surface area (Å²) in [5.41, 5.74) is 5.49. The average Bonchev–Trinajstić information content (AvgIpc) is 2.36. The molecule has 17 heavy (non-hydrogen) atoms. The predicted molar refractivity (Wildman–Crippen MR) is 68.7 cm³/mol. The molecule has 1 heterocycles. The van der Waals surface area contributed by atoms with Crippen molar-refractivity contribution in [1.29, 1.82) is 0 Å². The zero-order chi connectivity index (χ0) is 13.1. The van der Waals surface area contributed by atoms with Gasteiger partial charge in [-0.2, -0.15) is 0 Å². The van der Waals surface area contributed by atoms with Gasteiger partial charge in [-0.1, -0.05) is 13.8 Å². The van der Waals surface area contributed by atoms with Crippen LogP contribution in [0.1, 0.15) is 46.5 Å². The van der Waals surface area contributed by atoms with E-state index in [1.807, 2.05) is 18.7 Å². The van der Waals surface area contributed by atoms with Gasteiger partial charge in [0.2, 0.25) is 5.91 Å². The van der Waals surface area contributed by atoms with E-state index in [2.05, 4.69) is 6.92 Å². The number of amides is 1. The fraction of sp³-hybridized carbons (Fsp3) is 0.923. The molecule has 0 aromatic heterocycles. The van der Waals surface area contributed by atoms with Crippen molar-refractivity contribution in [3.63, 3.8) is 0 Å². The van der Waals surface area contributed by atoms with E-state index in [1.165, 1.54) is 0 Å². The molecule has 1 amide bonds. The second-order valence-electron chi connectivity index (χ2n) is 5.09. The standard InChI is InChI=1S/C13H26N2O2/c1-5-13(14,6-2)12(16)15-8-7-11(17-4)9-10(15)3/h10-11H,5-9,14H2,1-4H3. The molecule has 1 rings (SSSR count). The van der Waals surface area contributed by atoms with E-state index in [1.54, 1.807) is 7.11 Å². The zero-order valence-electron chi connectivity index (χ0n) is 11.5. The Hall–Kier alpha value is -0.610. The van der Waals surface area contributed by atoms with Crippen molar-refractivity contribution in [2.24, 2.45) is 5.73 Å². The van der Waals surface area contributed by atoms with E-state index >= 15 is 0 Å². The van der Waals surface area contributed by atoms with Gasteiger partial charge in [0.25, 0.3) is 0 Å². The quantitative estimate of drug-likeness (QED) is 0.813. The van der Waals surface area contributed by atoms with Gasteiger partial charge < -0.3 is 15.4 Å². The molecule has 1 aliphatic heterocycles. The highest BCUT2D eigenvalue weighted by atomic mass is 16.5. The van der Waals surface area contributed by atoms with Crippen molar-refractivity contribution in [3.8, 4) is 0 Å². The Balaban J connectivity index is 2.71. The minimum Gasteiger partial charge on any atom is -0.381 e. The van der Waals surface area contributed by atoms with Crippen LogP contribution in [-0.2, 0) is 9.53 Å². The van der Waals surface area contributed by atoms with Crippen molar-refractivity contribution in [1.82, 2.24) is 4.90 Å². The molecule has 1 saturated heterocycles. The monoisotopic (exact) mass is 242 g/mol. The van der Waals surface area contributed by atoms with Gasteiger partial charge in [0, 0.05) is 19.7 Å². The Kier molecular flexibility index (Phi) is 4.95. The third-order valence-corrected chi connectivity index (χ3v) is 4.11. The normalized spacial score (nSPS) is 26.1. The third-order valence-electron chi connectivity index (χ3n) is 4.11. The van der Waals surface area contributed by atoms with Gasteiger partial charge in [0.15, 0.2) is 0 Å². The van der Waals surface area contributed by atoms with Crippen molar-refractivity contribution in [2.75, 3.05) is 13.7 Å². The first-order valence-electron chi connectivity index (χ1n) is 6.61. The number of ether oxygens (including phenoxy) is 1. The molecular weight excluding hydrogens is 216 g/mol. The molecule has 0 aromatic rings. The van der Waals surface area contributed by atoms with Gasteiger partial charge in [-0.15, -0.1) is 0 Å². The third kappa shape index (κ3) is 2.99. The van der Waals surface area contributed by atoms with Crippen molar-refractivity contribution in [3.05, 3.63) is 0 Å². The summed E-state index contributed by atoms with van der Waals surface area (Å²) in [4.78, 5) is 14.4. The number of hydrogen-bond donors (Lipinski definition) is 1. The van der Waals surface area contributed by atoms with E-state index in [4.69, 9.17) is 10.5 Å². The number of carbonyl (C=O) groups is 1. The number of nitrogens with two attached hydrogens (primary N) is 1. The largest absolute Gasteiger partial charge is 0.381 e. The first-order valence-corrected chi connectivity index (χ1v) is 6.61. The number of hydrogen-bond acceptors (Lipinski definition) is 3. The number of methoxy groups -OCH3 is 1. The molecule has 1 fully saturated rings. The molecule has 0 saturated carbocycles. The van der Waals surface area contributed by atoms with Crippen LogP contribution in [0.25, 0.3) is 0 Å². The highest BCUT2D eigenvalue weighted by Crippen LogP contribution is 2.24. The Morgan fingerprint density at radius 1 is 1.47 bits per heavy atom. The van der Waals surface area contributed by atoms with Gasteiger partial charge in [0.1, 0.15) is 0 Å². The van der Waals surface area contributed by atoms with Crippen LogP contribution in [0, 0.1) is 0 Å². The Labute approximate surface area is 104 Å². The van der Waals surface area contributed by atoms with Crippen molar-refractivity contribution in [2.45, 2.75) is 64.1 Å². The number of carbonyl (C=O) groups excluding carboxylic acids is 1. The summed E-state index contributed by atoms with van der Waals surface area (Å²) in [5.74, 6) is 0.101. The Bertz CT molecular complexity index is 264. The van der Waals surface area contributed by atoms with E-state index in [9.17, 15) is 4.79 Å². The highest BCUT2D eigenvalue weighted by Gasteiger charge is 2.38. The highest BCUT2D eigenvalue weighted by molar-refractivity contribution is 5.86. The van der Waals surface area contributed by atoms with Crippen molar-refractivity contribution < 1.29 is 9.53 Å². The maximum Gasteiger partial charge on any atom is 0.242 e. The molecule has 4 heteroatoms. The van der Waals surface area contributed by atoms with E-state index in [-0.39, 0.29) is 18.1 Å². The van der Waals surface area contributed by atoms with Gasteiger partial charge in [-0.3, -0.25) is 4.79 Å². The summed E-state index contributed by atoms with van der Waals surface area (Å²) in [7, 11) is 1.74.